The molecule has 10 rings (SSSR count). The summed E-state index contributed by atoms with van der Waals surface area (Å²) in [6, 6.07) is 32.8. The maximum absolute atomic E-state index is 13.5. The van der Waals surface area contributed by atoms with Crippen LogP contribution < -0.4 is 20.9 Å². The van der Waals surface area contributed by atoms with Gasteiger partial charge in [0, 0.05) is 62.0 Å². The zero-order valence-electron chi connectivity index (χ0n) is 37.9. The van der Waals surface area contributed by atoms with Crippen molar-refractivity contribution in [1.82, 2.24) is 54.2 Å². The van der Waals surface area contributed by atoms with Gasteiger partial charge in [0.1, 0.15) is 58.7 Å². The summed E-state index contributed by atoms with van der Waals surface area (Å²) in [7, 11) is 2.00. The van der Waals surface area contributed by atoms with E-state index in [1.807, 2.05) is 131 Å². The molecule has 4 aromatic carbocycles. The van der Waals surface area contributed by atoms with Gasteiger partial charge in [0.15, 0.2) is 11.3 Å². The number of rotatable bonds is 13. The minimum Gasteiger partial charge on any atom is -0.457 e. The molecule has 0 spiro atoms. The number of carbonyl (C=O) groups excluding carboxylic acids is 2. The van der Waals surface area contributed by atoms with E-state index in [1.54, 1.807) is 11.0 Å². The molecule has 2 aliphatic heterocycles. The molecule has 4 aromatic heterocycles. The van der Waals surface area contributed by atoms with Gasteiger partial charge in [-0.2, -0.15) is 10.2 Å². The Bertz CT molecular complexity index is 3230. The third-order valence-electron chi connectivity index (χ3n) is 12.6. The number of nitrogens with zero attached hydrogens (tertiary/aromatic N) is 11. The fourth-order valence-corrected chi connectivity index (χ4v) is 9.09. The lowest BCUT2D eigenvalue weighted by molar-refractivity contribution is -0.126. The van der Waals surface area contributed by atoms with Crippen LogP contribution in [-0.4, -0.2) is 106 Å². The molecule has 17 heteroatoms. The summed E-state index contributed by atoms with van der Waals surface area (Å²) in [6.45, 7) is 3.26. The summed E-state index contributed by atoms with van der Waals surface area (Å²) < 4.78 is 16.2. The maximum Gasteiger partial charge on any atom is 0.298 e. The number of ether oxygens (including phenoxy) is 2. The second-order valence-corrected chi connectivity index (χ2v) is 17.2. The maximum atomic E-state index is 13.5. The van der Waals surface area contributed by atoms with Crippen molar-refractivity contribution in [3.05, 3.63) is 133 Å². The fraction of sp³-hybridized carbons (Fsp3) is 0.231. The molecule has 2 fully saturated rings. The number of aromatic nitrogens is 8. The number of carbonyl (C=O) groups is 2. The van der Waals surface area contributed by atoms with E-state index in [2.05, 4.69) is 30.8 Å². The minimum atomic E-state index is -0.300. The SMILES string of the molecule is C#CC(=O)N1CCC(n2nc(-c3ccc(Oc4ccccc4CN(C)C/C=C/C(=O)N4CCC(n5nc(-c6ccc(Oc7ccccc7)cc6)c6c(N)ncnc65)C4)cc3)c3c(N)ncnc32)CC1. The van der Waals surface area contributed by atoms with Gasteiger partial charge < -0.3 is 30.7 Å². The molecule has 0 bridgehead atoms. The Morgan fingerprint density at radius 1 is 0.696 bits per heavy atom. The quantitative estimate of drug-likeness (QED) is 0.0862. The average molecular weight is 920 g/mol. The number of terminal acetylenes is 1. The number of hydrogen-bond acceptors (Lipinski definition) is 13. The Morgan fingerprint density at radius 2 is 1.23 bits per heavy atom. The van der Waals surface area contributed by atoms with Crippen LogP contribution in [0.1, 0.15) is 36.9 Å². The van der Waals surface area contributed by atoms with Crippen molar-refractivity contribution in [2.75, 3.05) is 51.2 Å². The summed E-state index contributed by atoms with van der Waals surface area (Å²) in [4.78, 5) is 48.9. The average Bonchev–Trinajstić information content (AvgIpc) is 4.13. The molecular weight excluding hydrogens is 871 g/mol. The van der Waals surface area contributed by atoms with E-state index in [-0.39, 0.29) is 23.9 Å². The van der Waals surface area contributed by atoms with Crippen molar-refractivity contribution >= 4 is 45.5 Å². The predicted molar refractivity (Wildman–Crippen MR) is 263 cm³/mol. The van der Waals surface area contributed by atoms with Crippen molar-refractivity contribution in [3.8, 4) is 57.9 Å². The van der Waals surface area contributed by atoms with Gasteiger partial charge in [-0.3, -0.25) is 14.5 Å². The molecule has 1 atom stereocenters. The van der Waals surface area contributed by atoms with Crippen LogP contribution in [0.15, 0.2) is 128 Å². The molecule has 8 aromatic rings. The zero-order valence-corrected chi connectivity index (χ0v) is 37.9. The van der Waals surface area contributed by atoms with Crippen LogP contribution >= 0.6 is 0 Å². The highest BCUT2D eigenvalue weighted by atomic mass is 16.5. The van der Waals surface area contributed by atoms with Gasteiger partial charge in [0.25, 0.3) is 5.91 Å². The van der Waals surface area contributed by atoms with E-state index in [0.717, 1.165) is 28.2 Å². The van der Waals surface area contributed by atoms with Crippen LogP contribution in [0, 0.1) is 12.3 Å². The van der Waals surface area contributed by atoms with Gasteiger partial charge in [-0.15, -0.1) is 6.42 Å². The molecule has 17 nitrogen and oxygen atoms in total. The Balaban J connectivity index is 0.759. The number of anilines is 2. The van der Waals surface area contributed by atoms with Crippen molar-refractivity contribution in [1.29, 1.82) is 0 Å². The molecular formula is C52H49N13O4. The standard InChI is InChI=1S/C52H49N13O4/c1-3-43(66)62-27-23-37(24-28-62)64-51-45(49(53)55-32-57-51)47(59-64)35-17-21-41(22-18-35)69-42-13-8-7-10-36(42)30-61(2)26-9-14-44(67)63-29-25-38(31-63)65-52-46(50(54)56-33-58-52)48(60-65)34-15-19-40(20-16-34)68-39-11-5-4-6-12-39/h1,4-22,32-33,37-38H,23-31H2,2H3,(H2,53,55,57)(H2,54,56,58)/b14-9+. The highest BCUT2D eigenvalue weighted by Gasteiger charge is 2.31. The number of likely N-dealkylation sites (N-methyl/N-ethyl adjacent to an activating group) is 1. The number of likely N-dealkylation sites (tertiary alicyclic amines) is 2. The van der Waals surface area contributed by atoms with Gasteiger partial charge in [-0.1, -0.05) is 42.5 Å². The van der Waals surface area contributed by atoms with Gasteiger partial charge in [0.2, 0.25) is 5.91 Å². The minimum absolute atomic E-state index is 0.0168. The first-order chi connectivity index (χ1) is 33.7. The van der Waals surface area contributed by atoms with E-state index in [0.29, 0.717) is 115 Å². The second kappa shape index (κ2) is 19.3. The molecule has 2 amide bonds. The number of amides is 2. The summed E-state index contributed by atoms with van der Waals surface area (Å²) in [5, 5.41) is 11.4. The van der Waals surface area contributed by atoms with E-state index >= 15 is 0 Å². The van der Waals surface area contributed by atoms with E-state index < -0.39 is 0 Å². The van der Waals surface area contributed by atoms with Gasteiger partial charge in [-0.25, -0.2) is 29.3 Å². The Hall–Kier alpha value is -8.62. The third kappa shape index (κ3) is 9.25. The molecule has 4 N–H and O–H groups in total. The lowest BCUT2D eigenvalue weighted by Gasteiger charge is -2.30. The topological polar surface area (TPSA) is 202 Å². The number of hydrogen-bond donors (Lipinski definition) is 2. The number of para-hydroxylation sites is 2. The summed E-state index contributed by atoms with van der Waals surface area (Å²) in [5.74, 6) is 5.36. The third-order valence-corrected chi connectivity index (χ3v) is 12.6. The largest absolute Gasteiger partial charge is 0.457 e. The molecule has 6 heterocycles. The first-order valence-corrected chi connectivity index (χ1v) is 22.8. The van der Waals surface area contributed by atoms with Crippen LogP contribution in [0.5, 0.6) is 23.0 Å². The summed E-state index contributed by atoms with van der Waals surface area (Å²) >= 11 is 0. The molecule has 2 aliphatic rings. The monoisotopic (exact) mass is 919 g/mol. The molecule has 1 unspecified atom stereocenters. The molecule has 0 saturated carbocycles. The molecule has 69 heavy (non-hydrogen) atoms. The summed E-state index contributed by atoms with van der Waals surface area (Å²) in [6.07, 6.45) is 13.9. The van der Waals surface area contributed by atoms with Gasteiger partial charge in [0.05, 0.1) is 22.9 Å². The molecule has 2 saturated heterocycles. The lowest BCUT2D eigenvalue weighted by Crippen LogP contribution is -2.38. The van der Waals surface area contributed by atoms with Crippen LogP contribution in [-0.2, 0) is 16.1 Å². The van der Waals surface area contributed by atoms with E-state index in [1.165, 1.54) is 12.7 Å². The van der Waals surface area contributed by atoms with Crippen LogP contribution in [0.2, 0.25) is 0 Å². The van der Waals surface area contributed by atoms with Gasteiger partial charge in [-0.05, 0) is 99.0 Å². The second-order valence-electron chi connectivity index (χ2n) is 17.2. The number of fused-ring (bicyclic) bond motifs is 2. The van der Waals surface area contributed by atoms with Crippen LogP contribution in [0.4, 0.5) is 11.6 Å². The fourth-order valence-electron chi connectivity index (χ4n) is 9.09. The highest BCUT2D eigenvalue weighted by molar-refractivity contribution is 5.99. The number of nitrogens with two attached hydrogens (primary N) is 2. The summed E-state index contributed by atoms with van der Waals surface area (Å²) in [5.41, 5.74) is 18.1. The van der Waals surface area contributed by atoms with Crippen molar-refractivity contribution < 1.29 is 19.1 Å². The lowest BCUT2D eigenvalue weighted by atomic mass is 10.1. The number of benzene rings is 4. The molecule has 0 radical (unpaired) electrons. The van der Waals surface area contributed by atoms with Crippen LogP contribution in [0.3, 0.4) is 0 Å². The van der Waals surface area contributed by atoms with Crippen molar-refractivity contribution in [3.63, 3.8) is 0 Å². The highest BCUT2D eigenvalue weighted by Crippen LogP contribution is 2.37. The number of nitrogen functional groups attached to an aromatic ring is 2. The first kappa shape index (κ1) is 44.2. The zero-order chi connectivity index (χ0) is 47.4. The smallest absolute Gasteiger partial charge is 0.298 e. The Labute approximate surface area is 398 Å². The molecule has 0 aliphatic carbocycles. The van der Waals surface area contributed by atoms with Crippen LogP contribution in [0.25, 0.3) is 44.6 Å². The van der Waals surface area contributed by atoms with E-state index in [4.69, 9.17) is 37.6 Å². The normalized spacial score (nSPS) is 15.3. The first-order valence-electron chi connectivity index (χ1n) is 22.8. The number of piperidine rings is 1. The Morgan fingerprint density at radius 3 is 1.86 bits per heavy atom. The predicted octanol–water partition coefficient (Wildman–Crippen LogP) is 7.31. The van der Waals surface area contributed by atoms with Crippen molar-refractivity contribution in [2.24, 2.45) is 0 Å². The van der Waals surface area contributed by atoms with Gasteiger partial charge >= 0.3 is 0 Å². The van der Waals surface area contributed by atoms with Crippen molar-refractivity contribution in [2.45, 2.75) is 37.9 Å². The Kier molecular flexibility index (Phi) is 12.4. The molecule has 346 valence electrons. The van der Waals surface area contributed by atoms with E-state index in [9.17, 15) is 9.59 Å².